The average molecular weight is 741 g/mol. The van der Waals surface area contributed by atoms with Crippen molar-refractivity contribution in [3.8, 4) is 0 Å². The van der Waals surface area contributed by atoms with Crippen LogP contribution in [0.3, 0.4) is 0 Å². The largest absolute Gasteiger partial charge is 0.477 e. The zero-order valence-electron chi connectivity index (χ0n) is 26.6. The van der Waals surface area contributed by atoms with E-state index in [9.17, 15) is 81.4 Å². The van der Waals surface area contributed by atoms with Gasteiger partial charge in [0.25, 0.3) is 5.79 Å². The number of aliphatic hydroxyl groups excluding tert-OH is 13. The summed E-state index contributed by atoms with van der Waals surface area (Å²) in [7, 11) is 0. The molecule has 15 N–H and O–H groups in total. The Kier molecular flexibility index (Phi) is 16.0. The Balaban J connectivity index is 1.81. The van der Waals surface area contributed by atoms with Gasteiger partial charge >= 0.3 is 5.97 Å². The van der Waals surface area contributed by atoms with Crippen LogP contribution in [0.25, 0.3) is 0 Å². The molecule has 0 radical (unpaired) electrons. The Bertz CT molecular complexity index is 1040. The van der Waals surface area contributed by atoms with Crippen molar-refractivity contribution in [2.75, 3.05) is 33.0 Å². The molecule has 3 aliphatic rings. The molecule has 3 fully saturated rings. The first-order valence-corrected chi connectivity index (χ1v) is 15.6. The first-order valence-electron chi connectivity index (χ1n) is 15.6. The van der Waals surface area contributed by atoms with Gasteiger partial charge < -0.3 is 110 Å². The second-order valence-electron chi connectivity index (χ2n) is 11.9. The summed E-state index contributed by atoms with van der Waals surface area (Å²) in [6, 6.07) is 0. The summed E-state index contributed by atoms with van der Waals surface area (Å²) in [6.07, 6.45) is -34.4. The van der Waals surface area contributed by atoms with Gasteiger partial charge in [-0.1, -0.05) is 6.92 Å². The van der Waals surface area contributed by atoms with Gasteiger partial charge in [-0.2, -0.15) is 0 Å². The fourth-order valence-electron chi connectivity index (χ4n) is 5.56. The van der Waals surface area contributed by atoms with Gasteiger partial charge in [-0.15, -0.1) is 0 Å². The highest BCUT2D eigenvalue weighted by Gasteiger charge is 2.54. The highest BCUT2D eigenvalue weighted by atomic mass is 16.8. The summed E-state index contributed by atoms with van der Waals surface area (Å²) in [6.45, 7) is -3.73. The van der Waals surface area contributed by atoms with Crippen LogP contribution in [-0.2, 0) is 38.0 Å². The van der Waals surface area contributed by atoms with Crippen molar-refractivity contribution in [3.63, 3.8) is 0 Å². The minimum absolute atomic E-state index is 0.578. The van der Waals surface area contributed by atoms with E-state index in [2.05, 4.69) is 0 Å². The molecule has 0 aliphatic carbocycles. The van der Waals surface area contributed by atoms with Crippen LogP contribution in [-0.4, -0.2) is 232 Å². The first-order chi connectivity index (χ1) is 23.5. The third kappa shape index (κ3) is 9.22. The molecule has 3 heterocycles. The molecule has 0 aromatic carbocycles. The van der Waals surface area contributed by atoms with E-state index in [1.54, 1.807) is 0 Å². The zero-order chi connectivity index (χ0) is 37.7. The lowest BCUT2D eigenvalue weighted by Gasteiger charge is -2.48. The predicted octanol–water partition coefficient (Wildman–Crippen LogP) is -9.27. The van der Waals surface area contributed by atoms with Crippen LogP contribution in [0, 0.1) is 0 Å². The maximum Gasteiger partial charge on any atom is 0.364 e. The van der Waals surface area contributed by atoms with Gasteiger partial charge in [-0.25, -0.2) is 4.79 Å². The maximum atomic E-state index is 11.6. The van der Waals surface area contributed by atoms with Crippen molar-refractivity contribution in [1.82, 2.24) is 0 Å². The van der Waals surface area contributed by atoms with E-state index in [-0.39, 0.29) is 0 Å². The number of rotatable bonds is 17. The highest BCUT2D eigenvalue weighted by molar-refractivity contribution is 5.75. The Morgan fingerprint density at radius 2 is 1.16 bits per heavy atom. The van der Waals surface area contributed by atoms with Crippen LogP contribution >= 0.6 is 0 Å². The summed E-state index contributed by atoms with van der Waals surface area (Å²) in [4.78, 5) is 11.6. The Morgan fingerprint density at radius 3 is 1.66 bits per heavy atom. The van der Waals surface area contributed by atoms with Crippen LogP contribution in [0.5, 0.6) is 0 Å². The zero-order valence-corrected chi connectivity index (χ0v) is 26.6. The topological polar surface area (TPSA) is 385 Å². The van der Waals surface area contributed by atoms with E-state index in [1.165, 1.54) is 6.92 Å². The Morgan fingerprint density at radius 1 is 0.660 bits per heavy atom. The standard InChI is InChI=1S/C27H48O23/c1-2-27(43,26(41)42)50-20(8(33)3-28)11(6-31)46-25-19(40)22(14(35)10(5-30)45-25)49-24-18(39)16(37)21(12(7-32)47-24)48-23-17(38)15(36)13(34)9(4-29)44-23/h8-25,28-40,43H,2-7H2,1H3,(H,41,42)/t8-,9?,10?,11-,12?,13+,14+,15?,16-,17+,18?,19+,20?,21+,22?,23+,24-,25+,27-/m1/s1. The van der Waals surface area contributed by atoms with Gasteiger partial charge in [0.2, 0.25) is 0 Å². The van der Waals surface area contributed by atoms with Crippen LogP contribution in [0.15, 0.2) is 0 Å². The van der Waals surface area contributed by atoms with Gasteiger partial charge in [0.05, 0.1) is 33.0 Å². The lowest BCUT2D eigenvalue weighted by Crippen LogP contribution is -2.67. The number of carboxylic acids is 1. The molecule has 0 saturated carbocycles. The third-order valence-corrected chi connectivity index (χ3v) is 8.64. The van der Waals surface area contributed by atoms with E-state index in [0.717, 1.165) is 0 Å². The van der Waals surface area contributed by atoms with Crippen molar-refractivity contribution < 1.29 is 115 Å². The molecular formula is C27H48O23. The molecule has 0 spiro atoms. The van der Waals surface area contributed by atoms with E-state index >= 15 is 0 Å². The number of hydrogen-bond acceptors (Lipinski definition) is 22. The summed E-state index contributed by atoms with van der Waals surface area (Å²) >= 11 is 0. The minimum atomic E-state index is -2.94. The molecule has 294 valence electrons. The number of carbonyl (C=O) groups is 1. The molecule has 3 saturated heterocycles. The summed E-state index contributed by atoms with van der Waals surface area (Å²) in [5.41, 5.74) is 0. The SMILES string of the molecule is CC[C@@](O)(OC([C@H](O)CO)[C@@H](CO)O[C@@H]1OC(CO)[C@H](O)C(O[C@H]2OC(CO)[C@H](O[C@@H]3OC(CO)[C@H](O)C(O)[C@@H]3O)[C@H](O)C2O)[C@@H]1O)C(=O)O. The Labute approximate surface area is 283 Å². The maximum absolute atomic E-state index is 11.6. The fraction of sp³-hybridized carbons (Fsp3) is 0.963. The highest BCUT2D eigenvalue weighted by Crippen LogP contribution is 2.33. The number of ether oxygens (including phenoxy) is 7. The smallest absolute Gasteiger partial charge is 0.364 e. The fourth-order valence-corrected chi connectivity index (χ4v) is 5.56. The normalized spacial score (nSPS) is 42.7. The second kappa shape index (κ2) is 18.6. The quantitative estimate of drug-likeness (QED) is 0.0615. The summed E-state index contributed by atoms with van der Waals surface area (Å²) in [5.74, 6) is -4.84. The van der Waals surface area contributed by atoms with Crippen molar-refractivity contribution in [2.24, 2.45) is 0 Å². The molecule has 0 aromatic heterocycles. The molecule has 23 nitrogen and oxygen atoms in total. The predicted molar refractivity (Wildman–Crippen MR) is 152 cm³/mol. The van der Waals surface area contributed by atoms with Crippen LogP contribution in [0.4, 0.5) is 0 Å². The van der Waals surface area contributed by atoms with Gasteiger partial charge in [0.15, 0.2) is 18.9 Å². The molecule has 0 amide bonds. The third-order valence-electron chi connectivity index (χ3n) is 8.64. The first kappa shape index (κ1) is 43.0. The number of aliphatic carboxylic acids is 1. The lowest BCUT2D eigenvalue weighted by atomic mass is 9.96. The van der Waals surface area contributed by atoms with Gasteiger partial charge in [-0.3, -0.25) is 0 Å². The average Bonchev–Trinajstić information content (AvgIpc) is 3.11. The monoisotopic (exact) mass is 740 g/mol. The lowest BCUT2D eigenvalue weighted by molar-refractivity contribution is -0.384. The van der Waals surface area contributed by atoms with Crippen molar-refractivity contribution in [1.29, 1.82) is 0 Å². The molecule has 23 heteroatoms. The molecule has 7 unspecified atom stereocenters. The van der Waals surface area contributed by atoms with E-state index in [1.807, 2.05) is 0 Å². The van der Waals surface area contributed by atoms with Gasteiger partial charge in [-0.05, 0) is 0 Å². The minimum Gasteiger partial charge on any atom is -0.477 e. The number of hydrogen-bond donors (Lipinski definition) is 15. The molecule has 3 rings (SSSR count). The molecule has 0 aromatic rings. The second-order valence-corrected chi connectivity index (χ2v) is 11.9. The van der Waals surface area contributed by atoms with Gasteiger partial charge in [0, 0.05) is 6.42 Å². The van der Waals surface area contributed by atoms with E-state index < -0.39 is 162 Å². The molecular weight excluding hydrogens is 692 g/mol. The van der Waals surface area contributed by atoms with Gasteiger partial charge in [0.1, 0.15) is 91.6 Å². The van der Waals surface area contributed by atoms with Crippen molar-refractivity contribution in [3.05, 3.63) is 0 Å². The number of carboxylic acid groups (broad SMARTS) is 1. The Hall–Kier alpha value is -1.37. The van der Waals surface area contributed by atoms with Crippen molar-refractivity contribution >= 4 is 5.97 Å². The van der Waals surface area contributed by atoms with E-state index in [0.29, 0.717) is 0 Å². The molecule has 3 aliphatic heterocycles. The molecule has 0 bridgehead atoms. The summed E-state index contributed by atoms with van der Waals surface area (Å²) in [5, 5.41) is 153. The molecule has 50 heavy (non-hydrogen) atoms. The van der Waals surface area contributed by atoms with E-state index in [4.69, 9.17) is 33.2 Å². The van der Waals surface area contributed by atoms with Crippen molar-refractivity contribution in [2.45, 2.75) is 130 Å². The van der Waals surface area contributed by atoms with Crippen LogP contribution in [0.2, 0.25) is 0 Å². The van der Waals surface area contributed by atoms with Crippen LogP contribution < -0.4 is 0 Å². The number of aliphatic hydroxyl groups is 14. The molecule has 19 atom stereocenters. The summed E-state index contributed by atoms with van der Waals surface area (Å²) < 4.78 is 37.8. The van der Waals surface area contributed by atoms with Crippen LogP contribution in [0.1, 0.15) is 13.3 Å².